The van der Waals surface area contributed by atoms with Crippen LogP contribution in [-0.4, -0.2) is 11.8 Å². The van der Waals surface area contributed by atoms with Crippen molar-refractivity contribution in [2.75, 3.05) is 0 Å². The Morgan fingerprint density at radius 3 is 1.31 bits per heavy atom. The lowest BCUT2D eigenvalue weighted by molar-refractivity contribution is -0.206. The van der Waals surface area contributed by atoms with E-state index < -0.39 is 24.7 Å². The van der Waals surface area contributed by atoms with Crippen molar-refractivity contribution < 1.29 is 17.6 Å². The Kier molecular flexibility index (Phi) is 4.80. The first kappa shape index (κ1) is 14.8. The van der Waals surface area contributed by atoms with Crippen LogP contribution in [0.4, 0.5) is 17.6 Å². The van der Waals surface area contributed by atoms with Gasteiger partial charge in [0.2, 0.25) is 0 Å². The Morgan fingerprint density at radius 1 is 0.875 bits per heavy atom. The summed E-state index contributed by atoms with van der Waals surface area (Å²) in [6.07, 6.45) is -2.10. The predicted molar refractivity (Wildman–Crippen MR) is 55.8 cm³/mol. The van der Waals surface area contributed by atoms with E-state index >= 15 is 0 Å². The van der Waals surface area contributed by atoms with E-state index in [1.54, 1.807) is 0 Å². The smallest absolute Gasteiger partial charge is 0.200 e. The van der Waals surface area contributed by atoms with Gasteiger partial charge in [0.05, 0.1) is 0 Å². The molecule has 0 saturated heterocycles. The number of hydrogen-bond donors (Lipinski definition) is 0. The molecule has 0 spiro atoms. The summed E-state index contributed by atoms with van der Waals surface area (Å²) in [6, 6.07) is 0. The largest absolute Gasteiger partial charge is 0.314 e. The average molecular weight is 234 g/mol. The lowest BCUT2D eigenvalue weighted by Crippen LogP contribution is -2.40. The molecule has 16 heavy (non-hydrogen) atoms. The summed E-state index contributed by atoms with van der Waals surface area (Å²) in [5.41, 5.74) is 4.37. The van der Waals surface area contributed by atoms with Crippen molar-refractivity contribution in [3.05, 3.63) is 35.8 Å². The fourth-order valence-electron chi connectivity index (χ4n) is 1.05. The lowest BCUT2D eigenvalue weighted by atomic mass is 9.98. The standard InChI is InChI=1S/C12H14F4/c1-5-9(3)7-11(13,14)12(15,16)8-10(4)6-2/h1-2,7-8H2,3-4H3. The summed E-state index contributed by atoms with van der Waals surface area (Å²) in [5, 5.41) is 0. The van der Waals surface area contributed by atoms with Gasteiger partial charge in [-0.2, -0.15) is 17.6 Å². The molecule has 0 heterocycles. The maximum Gasteiger partial charge on any atom is 0.314 e. The Balaban J connectivity index is 4.97. The van der Waals surface area contributed by atoms with Crippen LogP contribution < -0.4 is 0 Å². The van der Waals surface area contributed by atoms with Gasteiger partial charge in [0.15, 0.2) is 0 Å². The van der Waals surface area contributed by atoms with E-state index in [1.165, 1.54) is 13.8 Å². The topological polar surface area (TPSA) is 0 Å². The number of allylic oxidation sites excluding steroid dienone is 2. The molecule has 0 aromatic carbocycles. The molecule has 0 bridgehead atoms. The van der Waals surface area contributed by atoms with E-state index in [-0.39, 0.29) is 11.1 Å². The molecule has 0 aliphatic rings. The van der Waals surface area contributed by atoms with Gasteiger partial charge in [-0.15, -0.1) is 11.5 Å². The SMILES string of the molecule is C=C=C(C)CC(F)(F)C(F)(F)CC(C)=C=C. The molecule has 0 nitrogen and oxygen atoms in total. The van der Waals surface area contributed by atoms with Crippen molar-refractivity contribution in [1.29, 1.82) is 0 Å². The van der Waals surface area contributed by atoms with Gasteiger partial charge in [-0.05, 0) is 25.0 Å². The third kappa shape index (κ3) is 3.73. The van der Waals surface area contributed by atoms with E-state index in [9.17, 15) is 17.6 Å². The molecule has 0 rings (SSSR count). The molecule has 0 radical (unpaired) electrons. The molecule has 0 atom stereocenters. The van der Waals surface area contributed by atoms with Crippen molar-refractivity contribution in [3.63, 3.8) is 0 Å². The minimum atomic E-state index is -4.11. The highest BCUT2D eigenvalue weighted by atomic mass is 19.3. The molecule has 90 valence electrons. The Hall–Kier alpha value is -1.24. The van der Waals surface area contributed by atoms with Gasteiger partial charge in [0.1, 0.15) is 0 Å². The van der Waals surface area contributed by atoms with E-state index in [0.29, 0.717) is 0 Å². The summed E-state index contributed by atoms with van der Waals surface area (Å²) >= 11 is 0. The molecule has 0 N–H and O–H groups in total. The summed E-state index contributed by atoms with van der Waals surface area (Å²) < 4.78 is 52.9. The highest BCUT2D eigenvalue weighted by molar-refractivity contribution is 5.07. The van der Waals surface area contributed by atoms with Crippen molar-refractivity contribution >= 4 is 0 Å². The number of rotatable bonds is 5. The molecule has 0 aromatic rings. The van der Waals surface area contributed by atoms with Gasteiger partial charge in [0.25, 0.3) is 0 Å². The summed E-state index contributed by atoms with van der Waals surface area (Å²) in [4.78, 5) is 0. The van der Waals surface area contributed by atoms with Crippen LogP contribution in [-0.2, 0) is 0 Å². The second-order valence-electron chi connectivity index (χ2n) is 3.68. The second kappa shape index (κ2) is 5.20. The lowest BCUT2D eigenvalue weighted by Gasteiger charge is -2.26. The Bertz CT molecular complexity index is 317. The van der Waals surface area contributed by atoms with Crippen molar-refractivity contribution in [2.24, 2.45) is 0 Å². The Labute approximate surface area is 92.7 Å². The van der Waals surface area contributed by atoms with Crippen LogP contribution in [0.25, 0.3) is 0 Å². The van der Waals surface area contributed by atoms with E-state index in [2.05, 4.69) is 24.6 Å². The molecule has 4 heteroatoms. The van der Waals surface area contributed by atoms with Crippen LogP contribution in [0.1, 0.15) is 26.7 Å². The summed E-state index contributed by atoms with van der Waals surface area (Å²) in [5.74, 6) is -8.22. The van der Waals surface area contributed by atoms with Crippen molar-refractivity contribution in [3.8, 4) is 0 Å². The Morgan fingerprint density at radius 2 is 1.12 bits per heavy atom. The van der Waals surface area contributed by atoms with Crippen LogP contribution in [0.3, 0.4) is 0 Å². The highest BCUT2D eigenvalue weighted by Gasteiger charge is 2.55. The number of halogens is 4. The zero-order chi connectivity index (χ0) is 13.0. The third-order valence-corrected chi connectivity index (χ3v) is 2.11. The van der Waals surface area contributed by atoms with Gasteiger partial charge in [-0.3, -0.25) is 0 Å². The highest BCUT2D eigenvalue weighted by Crippen LogP contribution is 2.42. The number of hydrogen-bond acceptors (Lipinski definition) is 0. The van der Waals surface area contributed by atoms with E-state index in [4.69, 9.17) is 0 Å². The second-order valence-corrected chi connectivity index (χ2v) is 3.68. The van der Waals surface area contributed by atoms with Crippen molar-refractivity contribution in [1.82, 2.24) is 0 Å². The van der Waals surface area contributed by atoms with Gasteiger partial charge >= 0.3 is 11.8 Å². The van der Waals surface area contributed by atoms with E-state index in [1.807, 2.05) is 0 Å². The van der Waals surface area contributed by atoms with Gasteiger partial charge < -0.3 is 0 Å². The summed E-state index contributed by atoms with van der Waals surface area (Å²) in [6.45, 7) is 8.84. The third-order valence-electron chi connectivity index (χ3n) is 2.11. The minimum absolute atomic E-state index is 0.00455. The fourth-order valence-corrected chi connectivity index (χ4v) is 1.05. The molecular weight excluding hydrogens is 220 g/mol. The zero-order valence-electron chi connectivity index (χ0n) is 9.34. The summed E-state index contributed by atoms with van der Waals surface area (Å²) in [7, 11) is 0. The molecule has 0 unspecified atom stereocenters. The first-order valence-corrected chi connectivity index (χ1v) is 4.63. The zero-order valence-corrected chi connectivity index (χ0v) is 9.34. The molecule has 0 amide bonds. The van der Waals surface area contributed by atoms with Gasteiger partial charge in [-0.1, -0.05) is 13.2 Å². The van der Waals surface area contributed by atoms with Crippen LogP contribution in [0.2, 0.25) is 0 Å². The van der Waals surface area contributed by atoms with Crippen LogP contribution in [0.5, 0.6) is 0 Å². The fraction of sp³-hybridized carbons (Fsp3) is 0.500. The van der Waals surface area contributed by atoms with Gasteiger partial charge in [0, 0.05) is 12.8 Å². The van der Waals surface area contributed by atoms with Crippen LogP contribution >= 0.6 is 0 Å². The molecule has 0 aromatic heterocycles. The van der Waals surface area contributed by atoms with Crippen LogP contribution in [0, 0.1) is 0 Å². The first-order valence-electron chi connectivity index (χ1n) is 4.63. The minimum Gasteiger partial charge on any atom is -0.200 e. The number of alkyl halides is 4. The maximum atomic E-state index is 13.2. The van der Waals surface area contributed by atoms with Crippen LogP contribution in [0.15, 0.2) is 35.8 Å². The molecule has 0 fully saturated rings. The predicted octanol–water partition coefficient (Wildman–Crippen LogP) is 4.50. The quantitative estimate of drug-likeness (QED) is 0.485. The van der Waals surface area contributed by atoms with Crippen molar-refractivity contribution in [2.45, 2.75) is 38.5 Å². The average Bonchev–Trinajstić information content (AvgIpc) is 2.15. The normalized spacial score (nSPS) is 11.6. The molecule has 0 aliphatic heterocycles. The first-order chi connectivity index (χ1) is 7.16. The molecule has 0 aliphatic carbocycles. The molecule has 0 saturated carbocycles. The molecular formula is C12H14F4. The van der Waals surface area contributed by atoms with Gasteiger partial charge in [-0.25, -0.2) is 0 Å². The maximum absolute atomic E-state index is 13.2. The monoisotopic (exact) mass is 234 g/mol. The van der Waals surface area contributed by atoms with E-state index in [0.717, 1.165) is 0 Å².